The smallest absolute Gasteiger partial charge is 0.0587 e. The molecular weight excluding hydrogens is 247 g/mol. The van der Waals surface area contributed by atoms with E-state index in [-0.39, 0.29) is 0 Å². The lowest BCUT2D eigenvalue weighted by Crippen LogP contribution is -2.25. The standard InChI is InChI=1S/C11H16Cl2N2O/c1-16-5-4-14-2-3-15-11-7-9(12)6-10(13)8-11/h6-8,14-15H,2-5H2,1H3. The van der Waals surface area contributed by atoms with Crippen molar-refractivity contribution in [1.29, 1.82) is 0 Å². The molecule has 0 spiro atoms. The van der Waals surface area contributed by atoms with Crippen LogP contribution in [0, 0.1) is 0 Å². The fourth-order valence-corrected chi connectivity index (χ4v) is 1.78. The Morgan fingerprint density at radius 3 is 2.38 bits per heavy atom. The molecule has 1 rings (SSSR count). The molecule has 0 aliphatic carbocycles. The van der Waals surface area contributed by atoms with Crippen LogP contribution in [-0.2, 0) is 4.74 Å². The van der Waals surface area contributed by atoms with Gasteiger partial charge in [-0.3, -0.25) is 0 Å². The molecule has 1 aromatic rings. The zero-order valence-corrected chi connectivity index (χ0v) is 10.7. The normalized spacial score (nSPS) is 10.4. The first kappa shape index (κ1) is 13.6. The second-order valence-corrected chi connectivity index (χ2v) is 4.20. The van der Waals surface area contributed by atoms with Crippen LogP contribution in [-0.4, -0.2) is 33.4 Å². The maximum absolute atomic E-state index is 5.87. The van der Waals surface area contributed by atoms with Crippen LogP contribution < -0.4 is 10.6 Å². The third kappa shape index (κ3) is 5.56. The fourth-order valence-electron chi connectivity index (χ4n) is 1.25. The molecule has 2 N–H and O–H groups in total. The molecule has 0 bridgehead atoms. The molecule has 0 radical (unpaired) electrons. The highest BCUT2D eigenvalue weighted by Gasteiger charge is 1.97. The number of benzene rings is 1. The van der Waals surface area contributed by atoms with E-state index in [1.165, 1.54) is 0 Å². The van der Waals surface area contributed by atoms with E-state index in [4.69, 9.17) is 27.9 Å². The summed E-state index contributed by atoms with van der Waals surface area (Å²) in [6, 6.07) is 5.41. The Kier molecular flexibility index (Phi) is 6.57. The van der Waals surface area contributed by atoms with E-state index in [0.717, 1.165) is 31.9 Å². The molecule has 5 heteroatoms. The lowest BCUT2D eigenvalue weighted by molar-refractivity contribution is 0.200. The predicted octanol–water partition coefficient (Wildman–Crippen LogP) is 2.64. The largest absolute Gasteiger partial charge is 0.384 e. The number of rotatable bonds is 7. The third-order valence-corrected chi connectivity index (χ3v) is 2.41. The Labute approximate surface area is 106 Å². The van der Waals surface area contributed by atoms with Crippen LogP contribution in [0.1, 0.15) is 0 Å². The summed E-state index contributed by atoms with van der Waals surface area (Å²) >= 11 is 11.7. The Morgan fingerprint density at radius 2 is 1.75 bits per heavy atom. The van der Waals surface area contributed by atoms with Gasteiger partial charge >= 0.3 is 0 Å². The van der Waals surface area contributed by atoms with Gasteiger partial charge in [0.15, 0.2) is 0 Å². The Morgan fingerprint density at radius 1 is 1.06 bits per heavy atom. The van der Waals surface area contributed by atoms with Crippen molar-refractivity contribution in [3.8, 4) is 0 Å². The minimum absolute atomic E-state index is 0.641. The van der Waals surface area contributed by atoms with Gasteiger partial charge in [0.05, 0.1) is 6.61 Å². The van der Waals surface area contributed by atoms with Crippen molar-refractivity contribution >= 4 is 28.9 Å². The zero-order chi connectivity index (χ0) is 11.8. The first-order valence-electron chi connectivity index (χ1n) is 5.12. The van der Waals surface area contributed by atoms with Gasteiger partial charge in [-0.15, -0.1) is 0 Å². The van der Waals surface area contributed by atoms with Gasteiger partial charge in [-0.1, -0.05) is 23.2 Å². The molecule has 0 saturated heterocycles. The van der Waals surface area contributed by atoms with Gasteiger partial charge in [0.2, 0.25) is 0 Å². The Balaban J connectivity index is 2.21. The van der Waals surface area contributed by atoms with Crippen LogP contribution in [0.15, 0.2) is 18.2 Å². The van der Waals surface area contributed by atoms with E-state index in [1.807, 2.05) is 12.1 Å². The molecule has 3 nitrogen and oxygen atoms in total. The predicted molar refractivity (Wildman–Crippen MR) is 69.7 cm³/mol. The molecular formula is C11H16Cl2N2O. The van der Waals surface area contributed by atoms with E-state index in [2.05, 4.69) is 10.6 Å². The molecule has 90 valence electrons. The van der Waals surface area contributed by atoms with Crippen LogP contribution in [0.2, 0.25) is 10.0 Å². The van der Waals surface area contributed by atoms with Crippen LogP contribution in [0.4, 0.5) is 5.69 Å². The van der Waals surface area contributed by atoms with Gasteiger partial charge in [-0.05, 0) is 18.2 Å². The van der Waals surface area contributed by atoms with Crippen molar-refractivity contribution in [3.05, 3.63) is 28.2 Å². The summed E-state index contributed by atoms with van der Waals surface area (Å²) in [6.45, 7) is 3.27. The minimum Gasteiger partial charge on any atom is -0.384 e. The van der Waals surface area contributed by atoms with E-state index in [1.54, 1.807) is 13.2 Å². The van der Waals surface area contributed by atoms with Crippen molar-refractivity contribution in [2.75, 3.05) is 38.7 Å². The second-order valence-electron chi connectivity index (χ2n) is 3.33. The summed E-state index contributed by atoms with van der Waals surface area (Å²) in [7, 11) is 1.69. The number of hydrogen-bond acceptors (Lipinski definition) is 3. The molecule has 0 fully saturated rings. The molecule has 0 aromatic heterocycles. The fraction of sp³-hybridized carbons (Fsp3) is 0.455. The summed E-state index contributed by atoms with van der Waals surface area (Å²) in [5, 5.41) is 7.75. The highest BCUT2D eigenvalue weighted by atomic mass is 35.5. The van der Waals surface area contributed by atoms with Crippen molar-refractivity contribution in [2.45, 2.75) is 0 Å². The van der Waals surface area contributed by atoms with Gasteiger partial charge in [-0.25, -0.2) is 0 Å². The number of anilines is 1. The monoisotopic (exact) mass is 262 g/mol. The lowest BCUT2D eigenvalue weighted by Gasteiger charge is -2.08. The zero-order valence-electron chi connectivity index (χ0n) is 9.22. The third-order valence-electron chi connectivity index (χ3n) is 1.98. The van der Waals surface area contributed by atoms with Gasteiger partial charge in [0, 0.05) is 42.5 Å². The average Bonchev–Trinajstić information content (AvgIpc) is 2.22. The Hall–Kier alpha value is -0.480. The number of halogens is 2. The van der Waals surface area contributed by atoms with Gasteiger partial charge in [0.1, 0.15) is 0 Å². The number of methoxy groups -OCH3 is 1. The molecule has 0 atom stereocenters. The van der Waals surface area contributed by atoms with E-state index < -0.39 is 0 Å². The molecule has 0 unspecified atom stereocenters. The average molecular weight is 263 g/mol. The summed E-state index contributed by atoms with van der Waals surface area (Å²) in [5.74, 6) is 0. The molecule has 0 saturated carbocycles. The molecule has 1 aromatic carbocycles. The van der Waals surface area contributed by atoms with Crippen molar-refractivity contribution in [3.63, 3.8) is 0 Å². The summed E-state index contributed by atoms with van der Waals surface area (Å²) in [5.41, 5.74) is 0.936. The van der Waals surface area contributed by atoms with E-state index in [0.29, 0.717) is 10.0 Å². The van der Waals surface area contributed by atoms with Crippen LogP contribution >= 0.6 is 23.2 Å². The second kappa shape index (κ2) is 7.74. The molecule has 16 heavy (non-hydrogen) atoms. The number of ether oxygens (including phenoxy) is 1. The van der Waals surface area contributed by atoms with Crippen molar-refractivity contribution in [2.24, 2.45) is 0 Å². The van der Waals surface area contributed by atoms with Gasteiger partial charge in [0.25, 0.3) is 0 Å². The number of hydrogen-bond donors (Lipinski definition) is 2. The number of nitrogens with one attached hydrogen (secondary N) is 2. The van der Waals surface area contributed by atoms with Gasteiger partial charge in [-0.2, -0.15) is 0 Å². The highest BCUT2D eigenvalue weighted by Crippen LogP contribution is 2.21. The SMILES string of the molecule is COCCNCCNc1cc(Cl)cc(Cl)c1. The van der Waals surface area contributed by atoms with E-state index in [9.17, 15) is 0 Å². The maximum Gasteiger partial charge on any atom is 0.0587 e. The van der Waals surface area contributed by atoms with Crippen LogP contribution in [0.5, 0.6) is 0 Å². The first-order valence-corrected chi connectivity index (χ1v) is 5.87. The Bertz CT molecular complexity index is 301. The summed E-state index contributed by atoms with van der Waals surface area (Å²) < 4.78 is 4.92. The molecule has 0 heterocycles. The lowest BCUT2D eigenvalue weighted by atomic mass is 10.3. The van der Waals surface area contributed by atoms with Crippen LogP contribution in [0.3, 0.4) is 0 Å². The molecule has 0 aliphatic rings. The first-order chi connectivity index (χ1) is 7.72. The van der Waals surface area contributed by atoms with E-state index >= 15 is 0 Å². The molecule has 0 amide bonds. The summed E-state index contributed by atoms with van der Waals surface area (Å²) in [4.78, 5) is 0. The quantitative estimate of drug-likeness (QED) is 0.742. The van der Waals surface area contributed by atoms with Crippen LogP contribution in [0.25, 0.3) is 0 Å². The highest BCUT2D eigenvalue weighted by molar-refractivity contribution is 6.35. The molecule has 0 aliphatic heterocycles. The minimum atomic E-state index is 0.641. The van der Waals surface area contributed by atoms with Gasteiger partial charge < -0.3 is 15.4 Å². The topological polar surface area (TPSA) is 33.3 Å². The van der Waals surface area contributed by atoms with Crippen molar-refractivity contribution < 1.29 is 4.74 Å². The maximum atomic E-state index is 5.87. The summed E-state index contributed by atoms with van der Waals surface area (Å²) in [6.07, 6.45) is 0. The van der Waals surface area contributed by atoms with Crippen molar-refractivity contribution in [1.82, 2.24) is 5.32 Å².